The quantitative estimate of drug-likeness (QED) is 0.456. The van der Waals surface area contributed by atoms with E-state index in [9.17, 15) is 4.79 Å². The van der Waals surface area contributed by atoms with E-state index in [0.29, 0.717) is 24.3 Å². The third kappa shape index (κ3) is 4.12. The molecule has 0 N–H and O–H groups in total. The number of hydrogen-bond donors (Lipinski definition) is 0. The van der Waals surface area contributed by atoms with Crippen LogP contribution in [0.5, 0.6) is 17.2 Å². The molecule has 0 saturated heterocycles. The zero-order valence-corrected chi connectivity index (χ0v) is 17.0. The number of methoxy groups -OCH3 is 3. The minimum Gasteiger partial charge on any atom is -0.497 e. The van der Waals surface area contributed by atoms with Crippen LogP contribution in [-0.4, -0.2) is 33.4 Å². The largest absolute Gasteiger partial charge is 0.497 e. The smallest absolute Gasteiger partial charge is 0.302 e. The van der Waals surface area contributed by atoms with Gasteiger partial charge in [-0.2, -0.15) is 0 Å². The highest BCUT2D eigenvalue weighted by molar-refractivity contribution is 9.10. The molecule has 0 spiro atoms. The Labute approximate surface area is 162 Å². The third-order valence-electron chi connectivity index (χ3n) is 4.06. The molecule has 140 valence electrons. The van der Waals surface area contributed by atoms with Crippen LogP contribution in [0.2, 0.25) is 0 Å². The summed E-state index contributed by atoms with van der Waals surface area (Å²) in [6.07, 6.45) is 2.40. The maximum Gasteiger partial charge on any atom is 0.302 e. The molecule has 5 nitrogen and oxygen atoms in total. The minimum atomic E-state index is -0.337. The van der Waals surface area contributed by atoms with Crippen LogP contribution in [0.4, 0.5) is 0 Å². The molecule has 0 aliphatic heterocycles. The average Bonchev–Trinajstić information content (AvgIpc) is 2.61. The fourth-order valence-corrected chi connectivity index (χ4v) is 3.71. The monoisotopic (exact) mass is 422 g/mol. The molecule has 2 aromatic carbocycles. The van der Waals surface area contributed by atoms with Gasteiger partial charge < -0.3 is 18.9 Å². The standard InChI is InChI=1S/C20H23BrO5/c1-6-7-14(26-12(2)22)11-17-18(21)20(25-5)16-10-13(23-3)8-9-15(16)19(17)24-4/h6,8-10,14H,1,7,11H2,2-5H3/t14-/m1/s1. The minimum absolute atomic E-state index is 0.329. The van der Waals surface area contributed by atoms with Crippen molar-refractivity contribution in [2.24, 2.45) is 0 Å². The Kier molecular flexibility index (Phi) is 6.91. The van der Waals surface area contributed by atoms with Crippen LogP contribution >= 0.6 is 15.9 Å². The molecule has 0 amide bonds. The second-order valence-corrected chi connectivity index (χ2v) is 6.52. The predicted octanol–water partition coefficient (Wildman–Crippen LogP) is 4.68. The summed E-state index contributed by atoms with van der Waals surface area (Å²) < 4.78 is 22.9. The van der Waals surface area contributed by atoms with Gasteiger partial charge in [0.05, 0.1) is 25.8 Å². The summed E-state index contributed by atoms with van der Waals surface area (Å²) in [5.41, 5.74) is 0.870. The number of rotatable bonds is 8. The molecule has 2 aromatic rings. The van der Waals surface area contributed by atoms with Crippen LogP contribution in [0.25, 0.3) is 10.8 Å². The van der Waals surface area contributed by atoms with Gasteiger partial charge in [0.1, 0.15) is 23.4 Å². The highest BCUT2D eigenvalue weighted by atomic mass is 79.9. The van der Waals surface area contributed by atoms with Crippen LogP contribution in [-0.2, 0) is 16.0 Å². The Hall–Kier alpha value is -2.21. The first-order chi connectivity index (χ1) is 12.5. The SMILES string of the molecule is C=CC[C@H](Cc1c(Br)c(OC)c2cc(OC)ccc2c1OC)OC(C)=O. The first kappa shape index (κ1) is 20.1. The molecule has 0 bridgehead atoms. The number of benzene rings is 2. The van der Waals surface area contributed by atoms with Crippen molar-refractivity contribution in [1.82, 2.24) is 0 Å². The summed E-state index contributed by atoms with van der Waals surface area (Å²) in [6, 6.07) is 5.70. The normalized spacial score (nSPS) is 11.7. The van der Waals surface area contributed by atoms with Crippen LogP contribution in [0.15, 0.2) is 35.3 Å². The summed E-state index contributed by atoms with van der Waals surface area (Å²) in [5.74, 6) is 1.78. The van der Waals surface area contributed by atoms with E-state index in [1.807, 2.05) is 18.2 Å². The lowest BCUT2D eigenvalue weighted by molar-refractivity contribution is -0.146. The van der Waals surface area contributed by atoms with Crippen LogP contribution in [0.1, 0.15) is 18.9 Å². The maximum atomic E-state index is 11.4. The van der Waals surface area contributed by atoms with Gasteiger partial charge >= 0.3 is 5.97 Å². The van der Waals surface area contributed by atoms with E-state index < -0.39 is 0 Å². The van der Waals surface area contributed by atoms with Gasteiger partial charge in [0.25, 0.3) is 0 Å². The summed E-state index contributed by atoms with van der Waals surface area (Å²) in [7, 11) is 4.85. The molecule has 0 saturated carbocycles. The van der Waals surface area contributed by atoms with E-state index >= 15 is 0 Å². The molecule has 0 heterocycles. The van der Waals surface area contributed by atoms with Gasteiger partial charge in [0.2, 0.25) is 0 Å². The number of esters is 1. The van der Waals surface area contributed by atoms with E-state index in [4.69, 9.17) is 18.9 Å². The summed E-state index contributed by atoms with van der Waals surface area (Å²) >= 11 is 3.63. The lowest BCUT2D eigenvalue weighted by Crippen LogP contribution is -2.19. The third-order valence-corrected chi connectivity index (χ3v) is 4.90. The molecule has 0 unspecified atom stereocenters. The predicted molar refractivity (Wildman–Crippen MR) is 105 cm³/mol. The van der Waals surface area contributed by atoms with E-state index in [1.165, 1.54) is 6.92 Å². The summed E-state index contributed by atoms with van der Waals surface area (Å²) in [6.45, 7) is 5.14. The van der Waals surface area contributed by atoms with Crippen molar-refractivity contribution in [2.75, 3.05) is 21.3 Å². The van der Waals surface area contributed by atoms with Gasteiger partial charge in [-0.3, -0.25) is 4.79 Å². The van der Waals surface area contributed by atoms with Crippen molar-refractivity contribution in [2.45, 2.75) is 25.9 Å². The van der Waals surface area contributed by atoms with E-state index in [-0.39, 0.29) is 12.1 Å². The second-order valence-electron chi connectivity index (χ2n) is 5.73. The Morgan fingerprint density at radius 1 is 1.15 bits per heavy atom. The van der Waals surface area contributed by atoms with Gasteiger partial charge in [-0.05, 0) is 34.1 Å². The fraction of sp³-hybridized carbons (Fsp3) is 0.350. The number of hydrogen-bond acceptors (Lipinski definition) is 5. The molecule has 0 fully saturated rings. The highest BCUT2D eigenvalue weighted by Crippen LogP contribution is 2.45. The molecule has 26 heavy (non-hydrogen) atoms. The molecular weight excluding hydrogens is 400 g/mol. The van der Waals surface area contributed by atoms with Gasteiger partial charge in [0.15, 0.2) is 0 Å². The summed E-state index contributed by atoms with van der Waals surface area (Å²) in [5, 5.41) is 1.76. The van der Waals surface area contributed by atoms with Crippen molar-refractivity contribution in [3.8, 4) is 17.2 Å². The first-order valence-electron chi connectivity index (χ1n) is 8.14. The van der Waals surface area contributed by atoms with Crippen LogP contribution < -0.4 is 14.2 Å². The number of carbonyl (C=O) groups is 1. The van der Waals surface area contributed by atoms with Gasteiger partial charge in [-0.25, -0.2) is 0 Å². The average molecular weight is 423 g/mol. The molecule has 2 rings (SSSR count). The van der Waals surface area contributed by atoms with Gasteiger partial charge in [-0.15, -0.1) is 6.58 Å². The number of carbonyl (C=O) groups excluding carboxylic acids is 1. The van der Waals surface area contributed by atoms with Crippen molar-refractivity contribution in [3.63, 3.8) is 0 Å². The highest BCUT2D eigenvalue weighted by Gasteiger charge is 2.23. The summed E-state index contributed by atoms with van der Waals surface area (Å²) in [4.78, 5) is 11.4. The molecule has 0 aliphatic carbocycles. The van der Waals surface area contributed by atoms with Crippen molar-refractivity contribution < 1.29 is 23.7 Å². The van der Waals surface area contributed by atoms with Gasteiger partial charge in [-0.1, -0.05) is 6.08 Å². The Morgan fingerprint density at radius 2 is 1.85 bits per heavy atom. The first-order valence-corrected chi connectivity index (χ1v) is 8.94. The molecule has 1 atom stereocenters. The topological polar surface area (TPSA) is 54.0 Å². The molecule has 6 heteroatoms. The number of fused-ring (bicyclic) bond motifs is 1. The maximum absolute atomic E-state index is 11.4. The van der Waals surface area contributed by atoms with Crippen molar-refractivity contribution in [3.05, 3.63) is 40.9 Å². The zero-order chi connectivity index (χ0) is 19.3. The van der Waals surface area contributed by atoms with E-state index in [2.05, 4.69) is 22.5 Å². The molecule has 0 radical (unpaired) electrons. The lowest BCUT2D eigenvalue weighted by Gasteiger charge is -2.22. The molecule has 0 aliphatic rings. The lowest BCUT2D eigenvalue weighted by atomic mass is 9.98. The van der Waals surface area contributed by atoms with Crippen molar-refractivity contribution >= 4 is 32.7 Å². The van der Waals surface area contributed by atoms with Gasteiger partial charge in [0, 0.05) is 36.1 Å². The van der Waals surface area contributed by atoms with E-state index in [1.54, 1.807) is 27.4 Å². The Balaban J connectivity index is 2.66. The second kappa shape index (κ2) is 8.94. The van der Waals surface area contributed by atoms with Crippen LogP contribution in [0, 0.1) is 0 Å². The van der Waals surface area contributed by atoms with E-state index in [0.717, 1.165) is 26.6 Å². The Morgan fingerprint density at radius 3 is 2.38 bits per heavy atom. The van der Waals surface area contributed by atoms with Crippen LogP contribution in [0.3, 0.4) is 0 Å². The van der Waals surface area contributed by atoms with Crippen molar-refractivity contribution in [1.29, 1.82) is 0 Å². The number of halogens is 1. The Bertz CT molecular complexity index is 816. The molecular formula is C20H23BrO5. The zero-order valence-electron chi connectivity index (χ0n) is 15.4. The fourth-order valence-electron chi connectivity index (χ4n) is 2.99. The number of ether oxygens (including phenoxy) is 4. The molecule has 0 aromatic heterocycles.